The van der Waals surface area contributed by atoms with Crippen LogP contribution < -0.4 is 5.32 Å². The Bertz CT molecular complexity index is 1930. The van der Waals surface area contributed by atoms with Crippen molar-refractivity contribution in [2.45, 2.75) is 167 Å². The molecule has 3 aliphatic heterocycles. The van der Waals surface area contributed by atoms with E-state index in [4.69, 9.17) is 28.4 Å². The van der Waals surface area contributed by atoms with Gasteiger partial charge in [0.05, 0.1) is 30.5 Å². The van der Waals surface area contributed by atoms with E-state index in [0.717, 1.165) is 5.57 Å². The number of allylic oxidation sites excluding steroid dienone is 3. The first-order valence-electron chi connectivity index (χ1n) is 24.1. The molecule has 3 fully saturated rings. The number of hydrogen-bond donors (Lipinski definition) is 3. The number of nitrogens with one attached hydrogen (secondary N) is 1. The van der Waals surface area contributed by atoms with Crippen molar-refractivity contribution in [1.29, 1.82) is 0 Å². The molecule has 0 aromatic heterocycles. The number of carbonyl (C=O) groups is 5. The topological polar surface area (TPSA) is 196 Å². The highest BCUT2D eigenvalue weighted by molar-refractivity contribution is 6.39. The van der Waals surface area contributed by atoms with Crippen LogP contribution in [0.4, 0.5) is 10.1 Å². The summed E-state index contributed by atoms with van der Waals surface area (Å²) in [5, 5.41) is 26.6. The Kier molecular flexibility index (Phi) is 19.8. The quantitative estimate of drug-likeness (QED) is 0.135. The zero-order valence-corrected chi connectivity index (χ0v) is 40.9. The number of aliphatic hydroxyl groups is 2. The molecule has 4 aliphatic rings. The number of methoxy groups -OCH3 is 3. The smallest absolute Gasteiger partial charge is 0.329 e. The first-order valence-corrected chi connectivity index (χ1v) is 24.1. The molecule has 2 amide bonds. The third-order valence-electron chi connectivity index (χ3n) is 14.4. The lowest BCUT2D eigenvalue weighted by molar-refractivity contribution is -0.302. The number of halogens is 1. The van der Waals surface area contributed by atoms with Crippen molar-refractivity contribution >= 4 is 35.0 Å². The average Bonchev–Trinajstić information content (AvgIpc) is 3.31. The van der Waals surface area contributed by atoms with E-state index in [0.29, 0.717) is 62.6 Å². The predicted molar refractivity (Wildman–Crippen MR) is 247 cm³/mol. The number of esters is 1. The van der Waals surface area contributed by atoms with Crippen molar-refractivity contribution in [3.63, 3.8) is 0 Å². The molecule has 1 saturated carbocycles. The van der Waals surface area contributed by atoms with Gasteiger partial charge in [0, 0.05) is 57.7 Å². The van der Waals surface area contributed by atoms with Crippen molar-refractivity contribution in [2.75, 3.05) is 39.8 Å². The molecular weight excluding hydrogens is 868 g/mol. The molecule has 14 atom stereocenters. The largest absolute Gasteiger partial charge is 0.456 e. The molecule has 15 nitrogen and oxygen atoms in total. The number of nitrogens with zero attached hydrogens (tertiary/aromatic N) is 1. The standard InChI is InChI=1S/C51H75FN2O13/c1-10-35-22-29(2)21-30(3)23-43(63-8)47-44(64-9)25-32(5)51(61,67-47)48(58)49(59)54-20-12-11-13-38(54)50(60)66-46(33(6)39(55)27-40(35)56)31(4)24-34-14-19-41(42(26-34)62-7)65-28-45(57)53-37-17-15-36(52)16-18-37/h15-18,22,24,30,32-35,38-39,41-44,46-47,55,61H,10-14,19-21,23,25-28H2,1-9H3,(H,53,57)/b29-22+,31-24+/t30-,32+,33+,34?,35+,38-,39-,41+,42+,43-,44-,46+,47+,51+/m0/s1. The van der Waals surface area contributed by atoms with Crippen molar-refractivity contribution in [3.05, 3.63) is 53.4 Å². The molecule has 3 heterocycles. The Hall–Kier alpha value is -3.90. The molecule has 2 bridgehead atoms. The molecule has 1 aromatic carbocycles. The normalized spacial score (nSPS) is 36.5. The Labute approximate surface area is 395 Å². The second kappa shape index (κ2) is 24.6. The number of fused-ring (bicyclic) bond motifs is 3. The van der Waals surface area contributed by atoms with Crippen molar-refractivity contribution in [3.8, 4) is 0 Å². The van der Waals surface area contributed by atoms with Crippen LogP contribution >= 0.6 is 0 Å². The third-order valence-corrected chi connectivity index (χ3v) is 14.4. The number of ether oxygens (including phenoxy) is 6. The maximum Gasteiger partial charge on any atom is 0.329 e. The van der Waals surface area contributed by atoms with Crippen LogP contribution in [0.5, 0.6) is 0 Å². The summed E-state index contributed by atoms with van der Waals surface area (Å²) in [5.41, 5.74) is 2.04. The first kappa shape index (κ1) is 54.0. The Balaban J connectivity index is 1.43. The number of carbonyl (C=O) groups excluding carboxylic acids is 5. The van der Waals surface area contributed by atoms with Crippen molar-refractivity contribution in [1.82, 2.24) is 4.90 Å². The van der Waals surface area contributed by atoms with Crippen LogP contribution in [0.15, 0.2) is 47.6 Å². The molecule has 374 valence electrons. The van der Waals surface area contributed by atoms with Gasteiger partial charge in [0.15, 0.2) is 0 Å². The average molecular weight is 943 g/mol. The van der Waals surface area contributed by atoms with E-state index >= 15 is 0 Å². The molecular formula is C51H75FN2O13. The zero-order chi connectivity index (χ0) is 49.2. The van der Waals surface area contributed by atoms with Crippen LogP contribution in [0.2, 0.25) is 0 Å². The highest BCUT2D eigenvalue weighted by atomic mass is 19.1. The number of Topliss-reactive ketones (excluding diaryl/α,β-unsaturated/α-hetero) is 2. The van der Waals surface area contributed by atoms with Gasteiger partial charge in [-0.3, -0.25) is 19.2 Å². The highest BCUT2D eigenvalue weighted by Crippen LogP contribution is 2.39. The number of rotatable bonds is 10. The number of hydrogen-bond acceptors (Lipinski definition) is 13. The fraction of sp³-hybridized carbons (Fsp3) is 0.706. The fourth-order valence-corrected chi connectivity index (χ4v) is 10.5. The lowest BCUT2D eigenvalue weighted by Crippen LogP contribution is -2.64. The summed E-state index contributed by atoms with van der Waals surface area (Å²) in [4.78, 5) is 71.0. The lowest BCUT2D eigenvalue weighted by Gasteiger charge is -2.47. The number of benzene rings is 1. The first-order chi connectivity index (χ1) is 31.8. The number of aliphatic hydroxyl groups excluding tert-OH is 1. The molecule has 1 unspecified atom stereocenters. The van der Waals surface area contributed by atoms with E-state index in [-0.39, 0.29) is 56.1 Å². The number of cyclic esters (lactones) is 1. The number of ketones is 2. The molecule has 0 radical (unpaired) electrons. The summed E-state index contributed by atoms with van der Waals surface area (Å²) in [6.45, 7) is 10.9. The molecule has 67 heavy (non-hydrogen) atoms. The van der Waals surface area contributed by atoms with E-state index in [2.05, 4.69) is 5.32 Å². The van der Waals surface area contributed by atoms with Gasteiger partial charge >= 0.3 is 5.97 Å². The van der Waals surface area contributed by atoms with Gasteiger partial charge < -0.3 is 48.9 Å². The van der Waals surface area contributed by atoms with E-state index < -0.39 is 95.6 Å². The molecule has 16 heteroatoms. The maximum atomic E-state index is 14.5. The van der Waals surface area contributed by atoms with E-state index in [1.54, 1.807) is 27.9 Å². The van der Waals surface area contributed by atoms with Crippen LogP contribution in [-0.4, -0.2) is 134 Å². The van der Waals surface area contributed by atoms with Gasteiger partial charge in [-0.1, -0.05) is 45.4 Å². The van der Waals surface area contributed by atoms with Crippen LogP contribution in [0.25, 0.3) is 0 Å². The molecule has 2 saturated heterocycles. The van der Waals surface area contributed by atoms with Crippen LogP contribution in [-0.2, 0) is 52.4 Å². The Morgan fingerprint density at radius 3 is 2.25 bits per heavy atom. The predicted octanol–water partition coefficient (Wildman–Crippen LogP) is 6.28. The summed E-state index contributed by atoms with van der Waals surface area (Å²) in [7, 11) is 4.61. The Morgan fingerprint density at radius 1 is 0.925 bits per heavy atom. The van der Waals surface area contributed by atoms with Gasteiger partial charge in [-0.05, 0) is 120 Å². The monoisotopic (exact) mass is 943 g/mol. The van der Waals surface area contributed by atoms with E-state index in [1.165, 1.54) is 43.4 Å². The fourth-order valence-electron chi connectivity index (χ4n) is 10.5. The van der Waals surface area contributed by atoms with Gasteiger partial charge in [0.1, 0.15) is 36.5 Å². The number of amides is 2. The van der Waals surface area contributed by atoms with Crippen LogP contribution in [0, 0.1) is 35.4 Å². The van der Waals surface area contributed by atoms with Crippen LogP contribution in [0.3, 0.4) is 0 Å². The van der Waals surface area contributed by atoms with Crippen molar-refractivity contribution in [2.24, 2.45) is 29.6 Å². The minimum Gasteiger partial charge on any atom is -0.456 e. The van der Waals surface area contributed by atoms with E-state index in [9.17, 15) is 38.6 Å². The Morgan fingerprint density at radius 2 is 1.60 bits per heavy atom. The molecule has 3 N–H and O–H groups in total. The van der Waals surface area contributed by atoms with Crippen molar-refractivity contribution < 1.29 is 67.0 Å². The highest BCUT2D eigenvalue weighted by Gasteiger charge is 2.56. The number of anilines is 1. The SMILES string of the molecule is CC[C@@H]1/C=C(\C)C[C@H](C)C[C@H](OC)[C@H]2O[C@@](O)(C(=O)C(=O)N3CCCC[C@H]3C(=O)O[C@H](/C(C)=C/C3CC[C@@H](OCC(=O)Nc4ccc(F)cc4)[C@H](OC)C3)[C@H](C)[C@@H](O)CC1=O)[C@H](C)C[C@@H]2OC. The minimum atomic E-state index is -2.53. The molecule has 1 aromatic rings. The van der Waals surface area contributed by atoms with Crippen LogP contribution in [0.1, 0.15) is 112 Å². The van der Waals surface area contributed by atoms with Gasteiger partial charge in [-0.15, -0.1) is 0 Å². The summed E-state index contributed by atoms with van der Waals surface area (Å²) in [6, 6.07) is 4.25. The molecule has 5 rings (SSSR count). The van der Waals surface area contributed by atoms with Gasteiger partial charge in [-0.25, -0.2) is 9.18 Å². The zero-order valence-electron chi connectivity index (χ0n) is 40.9. The lowest BCUT2D eigenvalue weighted by atomic mass is 9.81. The third kappa shape index (κ3) is 13.7. The summed E-state index contributed by atoms with van der Waals surface area (Å²) in [5.74, 6) is -8.70. The number of piperidine rings is 1. The summed E-state index contributed by atoms with van der Waals surface area (Å²) in [6.07, 6.45) is 3.31. The second-order valence-corrected chi connectivity index (χ2v) is 19.5. The summed E-state index contributed by atoms with van der Waals surface area (Å²) >= 11 is 0. The minimum absolute atomic E-state index is 0.00878. The van der Waals surface area contributed by atoms with E-state index in [1.807, 2.05) is 32.9 Å². The van der Waals surface area contributed by atoms with Gasteiger partial charge in [0.2, 0.25) is 11.7 Å². The van der Waals surface area contributed by atoms with Gasteiger partial charge in [-0.2, -0.15) is 0 Å². The molecule has 1 aliphatic carbocycles. The van der Waals surface area contributed by atoms with Gasteiger partial charge in [0.25, 0.3) is 11.7 Å². The second-order valence-electron chi connectivity index (χ2n) is 19.5. The maximum absolute atomic E-state index is 14.5. The molecule has 0 spiro atoms. The summed E-state index contributed by atoms with van der Waals surface area (Å²) < 4.78 is 49.6.